The average molecular weight is 350 g/mol. The maximum atomic E-state index is 13.5. The number of hydrogen-bond donors (Lipinski definition) is 1. The quantitative estimate of drug-likeness (QED) is 0.882. The molecule has 1 aliphatic carbocycles. The van der Waals surface area contributed by atoms with Crippen LogP contribution >= 0.6 is 0 Å². The molecule has 1 N–H and O–H groups in total. The number of aliphatic imine (C=N–C) groups is 1. The van der Waals surface area contributed by atoms with Crippen molar-refractivity contribution in [3.05, 3.63) is 35.9 Å². The molecular formula is C20H22N4O2. The molecule has 1 heterocycles. The summed E-state index contributed by atoms with van der Waals surface area (Å²) in [6, 6.07) is 13.5. The zero-order valence-corrected chi connectivity index (χ0v) is 14.7. The van der Waals surface area contributed by atoms with E-state index in [1.807, 2.05) is 30.3 Å². The molecule has 1 saturated carbocycles. The molecular weight excluding hydrogens is 328 g/mol. The van der Waals surface area contributed by atoms with Crippen LogP contribution in [0, 0.1) is 28.1 Å². The van der Waals surface area contributed by atoms with Crippen LogP contribution in [0.5, 0.6) is 0 Å². The van der Waals surface area contributed by atoms with E-state index in [9.17, 15) is 9.90 Å². The lowest BCUT2D eigenvalue weighted by Gasteiger charge is -2.52. The zero-order valence-electron chi connectivity index (χ0n) is 14.7. The first kappa shape index (κ1) is 18.1. The van der Waals surface area contributed by atoms with Crippen molar-refractivity contribution in [1.29, 1.82) is 10.5 Å². The predicted octanol–water partition coefficient (Wildman–Crippen LogP) is 2.74. The Morgan fingerprint density at radius 2 is 1.81 bits per heavy atom. The molecule has 1 fully saturated rings. The minimum Gasteiger partial charge on any atom is -0.368 e. The fourth-order valence-electron chi connectivity index (χ4n) is 4.15. The van der Waals surface area contributed by atoms with Gasteiger partial charge < -0.3 is 5.11 Å². The summed E-state index contributed by atoms with van der Waals surface area (Å²) in [4.78, 5) is 19.8. The van der Waals surface area contributed by atoms with E-state index in [1.54, 1.807) is 0 Å². The molecule has 0 spiro atoms. The van der Waals surface area contributed by atoms with Crippen molar-refractivity contribution >= 4 is 11.7 Å². The molecule has 1 aromatic carbocycles. The first-order valence-electron chi connectivity index (χ1n) is 9.01. The Morgan fingerprint density at radius 1 is 1.12 bits per heavy atom. The number of amidine groups is 1. The van der Waals surface area contributed by atoms with Gasteiger partial charge in [0.25, 0.3) is 0 Å². The highest BCUT2D eigenvalue weighted by atomic mass is 16.3. The highest BCUT2D eigenvalue weighted by Crippen LogP contribution is 2.52. The summed E-state index contributed by atoms with van der Waals surface area (Å²) >= 11 is 0. The Labute approximate surface area is 153 Å². The summed E-state index contributed by atoms with van der Waals surface area (Å²) in [6.45, 7) is 0.230. The van der Waals surface area contributed by atoms with Gasteiger partial charge >= 0.3 is 0 Å². The van der Waals surface area contributed by atoms with Crippen LogP contribution in [0.2, 0.25) is 0 Å². The van der Waals surface area contributed by atoms with Crippen molar-refractivity contribution in [3.63, 3.8) is 0 Å². The second kappa shape index (κ2) is 7.27. The predicted molar refractivity (Wildman–Crippen MR) is 95.6 cm³/mol. The lowest BCUT2D eigenvalue weighted by atomic mass is 9.63. The van der Waals surface area contributed by atoms with Crippen molar-refractivity contribution < 1.29 is 9.90 Å². The molecule has 2 aliphatic rings. The fourth-order valence-corrected chi connectivity index (χ4v) is 4.15. The standard InChI is InChI=1S/C20H22N4O2/c21-13-6-11-19-10-4-5-12-20(19,26)23-17(16-8-2-1-3-9-16)24(18(19)25)15-7-14-22/h1-3,8-9,26H,4-7,10-12,15H2/t19-,20-/m1/s1. The molecule has 6 nitrogen and oxygen atoms in total. The number of hydrogen-bond acceptors (Lipinski definition) is 5. The number of carbonyl (C=O) groups is 1. The van der Waals surface area contributed by atoms with Gasteiger partial charge in [0.2, 0.25) is 5.91 Å². The third kappa shape index (κ3) is 2.87. The number of fused-ring (bicyclic) bond motifs is 1. The van der Waals surface area contributed by atoms with Gasteiger partial charge in [0.05, 0.1) is 24.0 Å². The highest BCUT2D eigenvalue weighted by molar-refractivity contribution is 6.11. The van der Waals surface area contributed by atoms with Gasteiger partial charge in [-0.15, -0.1) is 0 Å². The third-order valence-corrected chi connectivity index (χ3v) is 5.49. The maximum absolute atomic E-state index is 13.5. The van der Waals surface area contributed by atoms with Crippen LogP contribution in [0.25, 0.3) is 0 Å². The average Bonchev–Trinajstić information content (AvgIpc) is 2.67. The number of benzene rings is 1. The first-order valence-corrected chi connectivity index (χ1v) is 9.01. The van der Waals surface area contributed by atoms with Crippen LogP contribution in [0.15, 0.2) is 35.3 Å². The summed E-state index contributed by atoms with van der Waals surface area (Å²) in [5.74, 6) is 0.210. The molecule has 1 aliphatic heterocycles. The van der Waals surface area contributed by atoms with Crippen LogP contribution in [0.4, 0.5) is 0 Å². The lowest BCUT2D eigenvalue weighted by molar-refractivity contribution is -0.171. The number of nitrogens with zero attached hydrogens (tertiary/aromatic N) is 4. The third-order valence-electron chi connectivity index (χ3n) is 5.49. The van der Waals surface area contributed by atoms with Gasteiger partial charge in [-0.25, -0.2) is 4.99 Å². The fraction of sp³-hybridized carbons (Fsp3) is 0.500. The van der Waals surface area contributed by atoms with Crippen molar-refractivity contribution in [2.45, 2.75) is 50.7 Å². The Kier molecular flexibility index (Phi) is 5.06. The van der Waals surface area contributed by atoms with Crippen LogP contribution in [0.1, 0.15) is 50.5 Å². The monoisotopic (exact) mass is 350 g/mol. The molecule has 1 aromatic rings. The highest BCUT2D eigenvalue weighted by Gasteiger charge is 2.61. The second-order valence-corrected chi connectivity index (χ2v) is 6.93. The number of rotatable bonds is 5. The van der Waals surface area contributed by atoms with Gasteiger partial charge in [-0.2, -0.15) is 10.5 Å². The Bertz CT molecular complexity index is 792. The SMILES string of the molecule is N#CCCN1C(=O)[C@]2(CCC#N)CCCC[C@]2(O)N=C1c1ccccc1. The van der Waals surface area contributed by atoms with Gasteiger partial charge in [-0.1, -0.05) is 36.8 Å². The zero-order chi connectivity index (χ0) is 18.6. The van der Waals surface area contributed by atoms with Crippen molar-refractivity contribution in [1.82, 2.24) is 4.90 Å². The molecule has 26 heavy (non-hydrogen) atoms. The molecule has 134 valence electrons. The largest absolute Gasteiger partial charge is 0.368 e. The van der Waals surface area contributed by atoms with E-state index in [-0.39, 0.29) is 31.7 Å². The lowest BCUT2D eigenvalue weighted by Crippen LogP contribution is -2.64. The van der Waals surface area contributed by atoms with E-state index in [0.717, 1.165) is 18.4 Å². The first-order chi connectivity index (χ1) is 12.6. The number of amides is 1. The smallest absolute Gasteiger partial charge is 0.239 e. The van der Waals surface area contributed by atoms with Gasteiger partial charge in [0, 0.05) is 18.5 Å². The van der Waals surface area contributed by atoms with Crippen molar-refractivity contribution in [2.24, 2.45) is 10.4 Å². The molecule has 0 saturated heterocycles. The van der Waals surface area contributed by atoms with Crippen molar-refractivity contribution in [3.8, 4) is 12.1 Å². The van der Waals surface area contributed by atoms with Crippen LogP contribution < -0.4 is 0 Å². The normalized spacial score (nSPS) is 27.9. The van der Waals surface area contributed by atoms with E-state index < -0.39 is 11.1 Å². The maximum Gasteiger partial charge on any atom is 0.239 e. The van der Waals surface area contributed by atoms with E-state index in [0.29, 0.717) is 18.7 Å². The van der Waals surface area contributed by atoms with E-state index >= 15 is 0 Å². The Balaban J connectivity index is 2.14. The van der Waals surface area contributed by atoms with Crippen LogP contribution in [0.3, 0.4) is 0 Å². The topological polar surface area (TPSA) is 100 Å². The van der Waals surface area contributed by atoms with Gasteiger partial charge in [0.15, 0.2) is 5.72 Å². The number of carbonyl (C=O) groups excluding carboxylic acids is 1. The summed E-state index contributed by atoms with van der Waals surface area (Å²) in [6.07, 6.45) is 3.20. The van der Waals surface area contributed by atoms with E-state index in [2.05, 4.69) is 17.1 Å². The second-order valence-electron chi connectivity index (χ2n) is 6.93. The van der Waals surface area contributed by atoms with Gasteiger partial charge in [-0.3, -0.25) is 9.69 Å². The Morgan fingerprint density at radius 3 is 2.50 bits per heavy atom. The van der Waals surface area contributed by atoms with Crippen LogP contribution in [-0.4, -0.2) is 34.0 Å². The van der Waals surface area contributed by atoms with E-state index in [1.165, 1.54) is 4.90 Å². The summed E-state index contributed by atoms with van der Waals surface area (Å²) in [5, 5.41) is 29.5. The van der Waals surface area contributed by atoms with Crippen LogP contribution in [-0.2, 0) is 4.79 Å². The molecule has 2 atom stereocenters. The molecule has 0 radical (unpaired) electrons. The minimum absolute atomic E-state index is 0.185. The van der Waals surface area contributed by atoms with Crippen molar-refractivity contribution in [2.75, 3.05) is 6.54 Å². The Hall–Kier alpha value is -2.70. The molecule has 0 aromatic heterocycles. The van der Waals surface area contributed by atoms with E-state index in [4.69, 9.17) is 10.5 Å². The van der Waals surface area contributed by atoms with Gasteiger partial charge in [0.1, 0.15) is 5.84 Å². The summed E-state index contributed by atoms with van der Waals surface area (Å²) < 4.78 is 0. The summed E-state index contributed by atoms with van der Waals surface area (Å²) in [7, 11) is 0. The van der Waals surface area contributed by atoms with Gasteiger partial charge in [-0.05, 0) is 25.7 Å². The number of aliphatic hydroxyl groups is 1. The summed E-state index contributed by atoms with van der Waals surface area (Å²) in [5.41, 5.74) is -1.82. The molecule has 1 amide bonds. The molecule has 0 unspecified atom stereocenters. The number of nitriles is 2. The molecule has 0 bridgehead atoms. The minimum atomic E-state index is -1.49. The molecule has 3 rings (SSSR count). The molecule has 6 heteroatoms.